The number of amides is 1. The van der Waals surface area contributed by atoms with Crippen LogP contribution in [-0.2, 0) is 10.2 Å². The van der Waals surface area contributed by atoms with Gasteiger partial charge in [-0.2, -0.15) is 0 Å². The van der Waals surface area contributed by atoms with Crippen LogP contribution in [0.15, 0.2) is 40.9 Å². The number of hydrogen-bond donors (Lipinski definition) is 0. The lowest BCUT2D eigenvalue weighted by atomic mass is 9.74. The molecule has 4 aliphatic rings. The number of aliphatic imine (C=N–C) groups is 1. The molecule has 1 aromatic rings. The van der Waals surface area contributed by atoms with E-state index in [1.54, 1.807) is 0 Å². The fourth-order valence-corrected chi connectivity index (χ4v) is 3.56. The minimum absolute atomic E-state index is 0.145. The minimum Gasteiger partial charge on any atom is -0.491 e. The van der Waals surface area contributed by atoms with E-state index in [4.69, 9.17) is 14.2 Å². The first-order chi connectivity index (χ1) is 10.8. The SMILES string of the molecule is O=C1N=C2CC=CC=C2C12COc1cc3c(cc12)OCCO3. The van der Waals surface area contributed by atoms with Crippen LogP contribution in [0.4, 0.5) is 0 Å². The predicted octanol–water partition coefficient (Wildman–Crippen LogP) is 1.96. The Labute approximate surface area is 126 Å². The van der Waals surface area contributed by atoms with E-state index in [0.29, 0.717) is 36.9 Å². The third-order valence-corrected chi connectivity index (χ3v) is 4.63. The number of carbonyl (C=O) groups is 1. The van der Waals surface area contributed by atoms with Crippen LogP contribution in [0.2, 0.25) is 0 Å². The molecule has 1 spiro atoms. The molecule has 0 fully saturated rings. The van der Waals surface area contributed by atoms with Gasteiger partial charge in [0.15, 0.2) is 11.5 Å². The second-order valence-corrected chi connectivity index (χ2v) is 5.76. The molecule has 1 amide bonds. The average Bonchev–Trinajstić information content (AvgIpc) is 3.06. The van der Waals surface area contributed by atoms with E-state index in [1.165, 1.54) is 0 Å². The molecule has 1 aliphatic carbocycles. The fourth-order valence-electron chi connectivity index (χ4n) is 3.56. The van der Waals surface area contributed by atoms with E-state index in [2.05, 4.69) is 4.99 Å². The van der Waals surface area contributed by atoms with Gasteiger partial charge < -0.3 is 14.2 Å². The average molecular weight is 295 g/mol. The van der Waals surface area contributed by atoms with Crippen molar-refractivity contribution in [1.29, 1.82) is 0 Å². The van der Waals surface area contributed by atoms with Crippen molar-refractivity contribution in [3.8, 4) is 17.2 Å². The lowest BCUT2D eigenvalue weighted by Crippen LogP contribution is -2.36. The summed E-state index contributed by atoms with van der Waals surface area (Å²) >= 11 is 0. The molecular formula is C17H13NO4. The maximum absolute atomic E-state index is 12.7. The molecule has 110 valence electrons. The standard InChI is InChI=1S/C17H13NO4/c19-16-17(10-3-1-2-4-12(10)18-16)9-22-13-8-15-14(7-11(13)17)20-5-6-21-15/h1-3,7-8H,4-6,9H2. The smallest absolute Gasteiger partial charge is 0.264 e. The molecule has 0 saturated heterocycles. The summed E-state index contributed by atoms with van der Waals surface area (Å²) < 4.78 is 17.1. The van der Waals surface area contributed by atoms with E-state index < -0.39 is 5.41 Å². The van der Waals surface area contributed by atoms with Crippen LogP contribution in [0.25, 0.3) is 0 Å². The van der Waals surface area contributed by atoms with Crippen molar-refractivity contribution in [2.24, 2.45) is 4.99 Å². The molecule has 0 radical (unpaired) electrons. The number of allylic oxidation sites excluding steroid dienone is 3. The summed E-state index contributed by atoms with van der Waals surface area (Å²) in [6.07, 6.45) is 6.65. The maximum Gasteiger partial charge on any atom is 0.264 e. The van der Waals surface area contributed by atoms with Gasteiger partial charge in [0.25, 0.3) is 5.91 Å². The van der Waals surface area contributed by atoms with Gasteiger partial charge in [-0.15, -0.1) is 0 Å². The summed E-state index contributed by atoms with van der Waals surface area (Å²) in [5.41, 5.74) is 1.82. The van der Waals surface area contributed by atoms with Crippen LogP contribution in [-0.4, -0.2) is 31.4 Å². The first-order valence-electron chi connectivity index (χ1n) is 7.36. The van der Waals surface area contributed by atoms with Crippen molar-refractivity contribution in [3.63, 3.8) is 0 Å². The van der Waals surface area contributed by atoms with Crippen molar-refractivity contribution in [2.75, 3.05) is 19.8 Å². The molecule has 1 unspecified atom stereocenters. The molecule has 5 heteroatoms. The van der Waals surface area contributed by atoms with Gasteiger partial charge in [0.1, 0.15) is 31.0 Å². The highest BCUT2D eigenvalue weighted by Gasteiger charge is 2.55. The Morgan fingerprint density at radius 1 is 1.05 bits per heavy atom. The highest BCUT2D eigenvalue weighted by molar-refractivity contribution is 6.22. The summed E-state index contributed by atoms with van der Waals surface area (Å²) in [7, 11) is 0. The second-order valence-electron chi connectivity index (χ2n) is 5.76. The summed E-state index contributed by atoms with van der Waals surface area (Å²) in [5, 5.41) is 0. The molecule has 5 rings (SSSR count). The largest absolute Gasteiger partial charge is 0.491 e. The highest BCUT2D eigenvalue weighted by atomic mass is 16.6. The van der Waals surface area contributed by atoms with E-state index in [-0.39, 0.29) is 12.5 Å². The molecule has 3 aliphatic heterocycles. The zero-order valence-corrected chi connectivity index (χ0v) is 11.8. The number of hydrogen-bond acceptors (Lipinski definition) is 4. The summed E-state index contributed by atoms with van der Waals surface area (Å²) in [5.74, 6) is 1.88. The normalized spacial score (nSPS) is 27.2. The monoisotopic (exact) mass is 295 g/mol. The maximum atomic E-state index is 12.7. The van der Waals surface area contributed by atoms with Crippen LogP contribution in [0, 0.1) is 0 Å². The molecule has 3 heterocycles. The van der Waals surface area contributed by atoms with Gasteiger partial charge in [-0.3, -0.25) is 4.79 Å². The zero-order valence-electron chi connectivity index (χ0n) is 11.8. The Morgan fingerprint density at radius 2 is 1.86 bits per heavy atom. The third kappa shape index (κ3) is 1.33. The Morgan fingerprint density at radius 3 is 2.73 bits per heavy atom. The number of fused-ring (bicyclic) bond motifs is 5. The number of nitrogens with zero attached hydrogens (tertiary/aromatic N) is 1. The van der Waals surface area contributed by atoms with Crippen molar-refractivity contribution >= 4 is 11.6 Å². The lowest BCUT2D eigenvalue weighted by Gasteiger charge is -2.24. The molecule has 0 aromatic heterocycles. The highest BCUT2D eigenvalue weighted by Crippen LogP contribution is 2.52. The molecule has 1 atom stereocenters. The molecule has 0 saturated carbocycles. The van der Waals surface area contributed by atoms with Crippen LogP contribution < -0.4 is 14.2 Å². The Bertz CT molecular complexity index is 805. The van der Waals surface area contributed by atoms with E-state index >= 15 is 0 Å². The van der Waals surface area contributed by atoms with E-state index in [0.717, 1.165) is 16.8 Å². The summed E-state index contributed by atoms with van der Waals surface area (Å²) in [6, 6.07) is 3.70. The lowest BCUT2D eigenvalue weighted by molar-refractivity contribution is -0.121. The van der Waals surface area contributed by atoms with E-state index in [1.807, 2.05) is 30.4 Å². The number of ether oxygens (including phenoxy) is 3. The molecule has 5 nitrogen and oxygen atoms in total. The first-order valence-corrected chi connectivity index (χ1v) is 7.36. The predicted molar refractivity (Wildman–Crippen MR) is 78.9 cm³/mol. The van der Waals surface area contributed by atoms with Gasteiger partial charge >= 0.3 is 0 Å². The molecule has 22 heavy (non-hydrogen) atoms. The first kappa shape index (κ1) is 12.0. The van der Waals surface area contributed by atoms with Crippen molar-refractivity contribution < 1.29 is 19.0 Å². The number of rotatable bonds is 0. The van der Waals surface area contributed by atoms with Gasteiger partial charge in [0.05, 0.1) is 5.71 Å². The molecular weight excluding hydrogens is 282 g/mol. The van der Waals surface area contributed by atoms with Crippen LogP contribution in [0.5, 0.6) is 17.2 Å². The van der Waals surface area contributed by atoms with Crippen molar-refractivity contribution in [2.45, 2.75) is 11.8 Å². The molecule has 0 N–H and O–H groups in total. The van der Waals surface area contributed by atoms with Crippen LogP contribution in [0.1, 0.15) is 12.0 Å². The van der Waals surface area contributed by atoms with Gasteiger partial charge in [-0.05, 0) is 11.6 Å². The Hall–Kier alpha value is -2.56. The van der Waals surface area contributed by atoms with Gasteiger partial charge in [-0.1, -0.05) is 18.2 Å². The third-order valence-electron chi connectivity index (χ3n) is 4.63. The number of carbonyl (C=O) groups excluding carboxylic acids is 1. The quantitative estimate of drug-likeness (QED) is 0.734. The van der Waals surface area contributed by atoms with Crippen LogP contribution >= 0.6 is 0 Å². The molecule has 0 bridgehead atoms. The fraction of sp³-hybridized carbons (Fsp3) is 0.294. The Kier molecular flexibility index (Phi) is 2.19. The minimum atomic E-state index is -0.814. The Balaban J connectivity index is 1.73. The van der Waals surface area contributed by atoms with Crippen molar-refractivity contribution in [3.05, 3.63) is 41.5 Å². The second kappa shape index (κ2) is 4.00. The summed E-state index contributed by atoms with van der Waals surface area (Å²) in [6.45, 7) is 1.33. The molecule has 1 aromatic carbocycles. The van der Waals surface area contributed by atoms with E-state index in [9.17, 15) is 4.79 Å². The van der Waals surface area contributed by atoms with Gasteiger partial charge in [-0.25, -0.2) is 4.99 Å². The zero-order chi connectivity index (χ0) is 14.7. The number of benzene rings is 1. The topological polar surface area (TPSA) is 57.1 Å². The van der Waals surface area contributed by atoms with Crippen molar-refractivity contribution in [1.82, 2.24) is 0 Å². The van der Waals surface area contributed by atoms with Gasteiger partial charge in [0.2, 0.25) is 0 Å². The van der Waals surface area contributed by atoms with Gasteiger partial charge in [0, 0.05) is 18.1 Å². The summed E-state index contributed by atoms with van der Waals surface area (Å²) in [4.78, 5) is 17.0. The van der Waals surface area contributed by atoms with Crippen LogP contribution in [0.3, 0.4) is 0 Å².